The van der Waals surface area contributed by atoms with Crippen LogP contribution in [0.5, 0.6) is 11.5 Å². The summed E-state index contributed by atoms with van der Waals surface area (Å²) in [7, 11) is 0. The fourth-order valence-electron chi connectivity index (χ4n) is 8.06. The van der Waals surface area contributed by atoms with Gasteiger partial charge >= 0.3 is 5.97 Å². The molecule has 8 heteroatoms. The molecule has 0 radical (unpaired) electrons. The first-order chi connectivity index (χ1) is 16.3. The summed E-state index contributed by atoms with van der Waals surface area (Å²) in [6.45, 7) is 9.03. The van der Waals surface area contributed by atoms with Crippen LogP contribution >= 0.6 is 0 Å². The number of carboxylic acid groups (broad SMARTS) is 1. The van der Waals surface area contributed by atoms with Gasteiger partial charge in [-0.15, -0.1) is 0 Å². The number of nitrogens with zero attached hydrogens (tertiary/aromatic N) is 1. The van der Waals surface area contributed by atoms with Crippen LogP contribution in [0.4, 0.5) is 0 Å². The minimum absolute atomic E-state index is 0.00961. The smallest absolute Gasteiger partial charge is 0.303 e. The third-order valence-electron chi connectivity index (χ3n) is 9.95. The number of rotatable bonds is 4. The van der Waals surface area contributed by atoms with Crippen LogP contribution < -0.4 is 4.74 Å². The number of ether oxygens (including phenoxy) is 1. The molecule has 1 spiro atoms. The lowest BCUT2D eigenvalue weighted by Gasteiger charge is -2.64. The zero-order valence-electron chi connectivity index (χ0n) is 21.0. The number of fused-ring (bicyclic) bond motifs is 5. The highest BCUT2D eigenvalue weighted by Crippen LogP contribution is 2.67. The molecule has 0 bridgehead atoms. The maximum absolute atomic E-state index is 13.1. The Balaban J connectivity index is 1.53. The van der Waals surface area contributed by atoms with E-state index < -0.39 is 34.6 Å². The molecule has 2 aliphatic carbocycles. The second kappa shape index (κ2) is 7.84. The Morgan fingerprint density at radius 3 is 2.60 bits per heavy atom. The van der Waals surface area contributed by atoms with E-state index in [4.69, 9.17) is 9.84 Å². The number of benzene rings is 1. The van der Waals surface area contributed by atoms with Gasteiger partial charge in [-0.3, -0.25) is 9.59 Å². The number of hydrogen-bond acceptors (Lipinski definition) is 6. The van der Waals surface area contributed by atoms with Gasteiger partial charge in [-0.05, 0) is 49.0 Å². The Morgan fingerprint density at radius 1 is 1.20 bits per heavy atom. The first-order valence-electron chi connectivity index (χ1n) is 12.8. The van der Waals surface area contributed by atoms with Gasteiger partial charge in [0.2, 0.25) is 0 Å². The van der Waals surface area contributed by atoms with Crippen LogP contribution in [0.15, 0.2) is 6.07 Å². The number of carbonyl (C=O) groups excluding carboxylic acids is 1. The molecular weight excluding hydrogens is 450 g/mol. The van der Waals surface area contributed by atoms with E-state index in [1.807, 2.05) is 13.8 Å². The molecule has 35 heavy (non-hydrogen) atoms. The molecule has 0 unspecified atom stereocenters. The lowest BCUT2D eigenvalue weighted by atomic mass is 9.43. The minimum Gasteiger partial charge on any atom is -0.508 e. The lowest BCUT2D eigenvalue weighted by Crippen LogP contribution is -2.69. The predicted octanol–water partition coefficient (Wildman–Crippen LogP) is 3.09. The van der Waals surface area contributed by atoms with Crippen LogP contribution in [0.1, 0.15) is 81.3 Å². The van der Waals surface area contributed by atoms with Crippen molar-refractivity contribution >= 4 is 11.9 Å². The SMILES string of the molecule is C[C@H]1CC[C@@H]2C(C)(C)[C@H](O)[C@H](O)C[C@]2(C)[C@]12Cc1c(O)cc3c(c1O2)CN(CCCC(=O)O)C3=O. The van der Waals surface area contributed by atoms with Gasteiger partial charge in [-0.1, -0.05) is 27.7 Å². The van der Waals surface area contributed by atoms with Crippen LogP contribution in [0.2, 0.25) is 0 Å². The van der Waals surface area contributed by atoms with Gasteiger partial charge in [0, 0.05) is 35.9 Å². The average Bonchev–Trinajstić information content (AvgIpc) is 3.32. The quantitative estimate of drug-likeness (QED) is 0.514. The molecule has 2 heterocycles. The number of amides is 1. The fourth-order valence-corrected chi connectivity index (χ4v) is 8.06. The molecule has 1 amide bonds. The van der Waals surface area contributed by atoms with Crippen molar-refractivity contribution < 1.29 is 34.8 Å². The van der Waals surface area contributed by atoms with E-state index in [0.717, 1.165) is 18.4 Å². The van der Waals surface area contributed by atoms with Gasteiger partial charge in [-0.25, -0.2) is 0 Å². The van der Waals surface area contributed by atoms with E-state index in [0.29, 0.717) is 49.2 Å². The molecule has 0 saturated heterocycles. The number of aromatic hydroxyl groups is 1. The molecule has 4 N–H and O–H groups in total. The summed E-state index contributed by atoms with van der Waals surface area (Å²) in [5, 5.41) is 41.7. The monoisotopic (exact) mass is 487 g/mol. The molecule has 1 aromatic carbocycles. The van der Waals surface area contributed by atoms with E-state index in [1.54, 1.807) is 4.90 Å². The maximum atomic E-state index is 13.1. The van der Waals surface area contributed by atoms with Crippen molar-refractivity contribution in [2.75, 3.05) is 6.54 Å². The van der Waals surface area contributed by atoms with E-state index >= 15 is 0 Å². The van der Waals surface area contributed by atoms with Crippen LogP contribution in [0, 0.1) is 22.7 Å². The van der Waals surface area contributed by atoms with E-state index in [2.05, 4.69) is 13.8 Å². The summed E-state index contributed by atoms with van der Waals surface area (Å²) in [5.74, 6) is -0.233. The second-order valence-electron chi connectivity index (χ2n) is 12.1. The van der Waals surface area contributed by atoms with Gasteiger partial charge in [0.25, 0.3) is 5.91 Å². The summed E-state index contributed by atoms with van der Waals surface area (Å²) in [5.41, 5.74) is 0.245. The van der Waals surface area contributed by atoms with Crippen LogP contribution in [0.3, 0.4) is 0 Å². The zero-order chi connectivity index (χ0) is 25.5. The number of aliphatic hydroxyl groups is 2. The first-order valence-corrected chi connectivity index (χ1v) is 12.8. The summed E-state index contributed by atoms with van der Waals surface area (Å²) >= 11 is 0. The van der Waals surface area contributed by atoms with E-state index in [1.165, 1.54) is 6.07 Å². The molecule has 6 atom stereocenters. The van der Waals surface area contributed by atoms with Crippen molar-refractivity contribution in [2.24, 2.45) is 22.7 Å². The average molecular weight is 488 g/mol. The number of aliphatic carboxylic acids is 1. The van der Waals surface area contributed by atoms with Gasteiger partial charge in [-0.2, -0.15) is 0 Å². The number of carbonyl (C=O) groups is 2. The number of phenols is 1. The number of aliphatic hydroxyl groups excluding tert-OH is 2. The molecule has 4 aliphatic rings. The molecule has 2 aliphatic heterocycles. The Morgan fingerprint density at radius 2 is 1.91 bits per heavy atom. The van der Waals surface area contributed by atoms with Gasteiger partial charge in [0.15, 0.2) is 0 Å². The van der Waals surface area contributed by atoms with Crippen molar-refractivity contribution in [3.8, 4) is 11.5 Å². The molecule has 192 valence electrons. The molecule has 5 rings (SSSR count). The number of hydrogen-bond donors (Lipinski definition) is 4. The van der Waals surface area contributed by atoms with Crippen molar-refractivity contribution in [3.05, 3.63) is 22.8 Å². The topological polar surface area (TPSA) is 128 Å². The third kappa shape index (κ3) is 3.25. The van der Waals surface area contributed by atoms with Crippen LogP contribution in [0.25, 0.3) is 0 Å². The highest BCUT2D eigenvalue weighted by molar-refractivity contribution is 6.00. The molecular formula is C27H37NO7. The summed E-state index contributed by atoms with van der Waals surface area (Å²) in [6.07, 6.45) is 1.39. The van der Waals surface area contributed by atoms with Gasteiger partial charge in [0.1, 0.15) is 17.1 Å². The van der Waals surface area contributed by atoms with Crippen molar-refractivity contribution in [3.63, 3.8) is 0 Å². The molecule has 2 fully saturated rings. The normalized spacial score (nSPS) is 37.1. The largest absolute Gasteiger partial charge is 0.508 e. The maximum Gasteiger partial charge on any atom is 0.303 e. The van der Waals surface area contributed by atoms with Crippen LogP contribution in [-0.4, -0.2) is 61.6 Å². The lowest BCUT2D eigenvalue weighted by molar-refractivity contribution is -0.240. The number of carboxylic acids is 1. The Labute approximate surface area is 205 Å². The van der Waals surface area contributed by atoms with Crippen molar-refractivity contribution in [1.29, 1.82) is 0 Å². The van der Waals surface area contributed by atoms with E-state index in [9.17, 15) is 24.9 Å². The Hall–Kier alpha value is -2.32. The molecule has 2 saturated carbocycles. The highest BCUT2D eigenvalue weighted by Gasteiger charge is 2.68. The van der Waals surface area contributed by atoms with E-state index in [-0.39, 0.29) is 29.9 Å². The molecule has 1 aromatic rings. The summed E-state index contributed by atoms with van der Waals surface area (Å²) in [4.78, 5) is 25.6. The highest BCUT2D eigenvalue weighted by atomic mass is 16.5. The predicted molar refractivity (Wildman–Crippen MR) is 127 cm³/mol. The van der Waals surface area contributed by atoms with Crippen molar-refractivity contribution in [1.82, 2.24) is 4.90 Å². The Bertz CT molecular complexity index is 1080. The summed E-state index contributed by atoms with van der Waals surface area (Å²) < 4.78 is 6.93. The van der Waals surface area contributed by atoms with Crippen LogP contribution in [-0.2, 0) is 17.8 Å². The van der Waals surface area contributed by atoms with Gasteiger partial charge < -0.3 is 30.1 Å². The standard InChI is InChI=1S/C27H37NO7/c1-14-7-8-20-25(2,3)23(33)19(30)12-26(20,4)27(14)11-16-18(29)10-15-17(22(16)35-27)13-28(24(15)34)9-5-6-21(31)32/h10,14,19-20,23,29-30,33H,5-9,11-13H2,1-4H3,(H,31,32)/t14-,19+,20+,23+,26-,27-/m0/s1. The van der Waals surface area contributed by atoms with Crippen molar-refractivity contribution in [2.45, 2.75) is 90.6 Å². The number of phenolic OH excluding ortho intramolecular Hbond substituents is 1. The minimum atomic E-state index is -0.894. The fraction of sp³-hybridized carbons (Fsp3) is 0.704. The first kappa shape index (κ1) is 24.4. The third-order valence-corrected chi connectivity index (χ3v) is 9.95. The molecule has 8 nitrogen and oxygen atoms in total. The second-order valence-corrected chi connectivity index (χ2v) is 12.1. The Kier molecular flexibility index (Phi) is 5.46. The zero-order valence-corrected chi connectivity index (χ0v) is 21.0. The van der Waals surface area contributed by atoms with Gasteiger partial charge in [0.05, 0.1) is 24.3 Å². The summed E-state index contributed by atoms with van der Waals surface area (Å²) in [6, 6.07) is 1.53. The molecule has 0 aromatic heterocycles.